The Morgan fingerprint density at radius 1 is 1.32 bits per heavy atom. The molecule has 1 aliphatic rings. The Balaban J connectivity index is 1.84. The predicted octanol–water partition coefficient (Wildman–Crippen LogP) is 3.08. The van der Waals surface area contributed by atoms with Crippen molar-refractivity contribution < 1.29 is 9.21 Å². The fourth-order valence-electron chi connectivity index (χ4n) is 2.77. The van der Waals surface area contributed by atoms with E-state index >= 15 is 0 Å². The summed E-state index contributed by atoms with van der Waals surface area (Å²) in [6.45, 7) is 1.86. The van der Waals surface area contributed by atoms with Gasteiger partial charge in [0.2, 0.25) is 0 Å². The molecular formula is C15H18N2O2. The van der Waals surface area contributed by atoms with Crippen molar-refractivity contribution in [2.75, 3.05) is 11.9 Å². The summed E-state index contributed by atoms with van der Waals surface area (Å²) < 4.78 is 5.49. The van der Waals surface area contributed by atoms with Crippen LogP contribution >= 0.6 is 0 Å². The molecule has 1 fully saturated rings. The van der Waals surface area contributed by atoms with E-state index in [0.29, 0.717) is 30.6 Å². The van der Waals surface area contributed by atoms with E-state index in [2.05, 4.69) is 29.1 Å². The molecule has 0 spiro atoms. The van der Waals surface area contributed by atoms with Crippen LogP contribution in [0.5, 0.6) is 0 Å². The zero-order valence-electron chi connectivity index (χ0n) is 11.3. The van der Waals surface area contributed by atoms with Crippen molar-refractivity contribution in [2.24, 2.45) is 0 Å². The highest BCUT2D eigenvalue weighted by atomic mass is 16.3. The van der Waals surface area contributed by atoms with Crippen LogP contribution in [0.25, 0.3) is 11.1 Å². The summed E-state index contributed by atoms with van der Waals surface area (Å²) in [5, 5.41) is 0. The first-order valence-corrected chi connectivity index (χ1v) is 6.75. The van der Waals surface area contributed by atoms with Crippen molar-refractivity contribution in [1.82, 2.24) is 4.98 Å². The third kappa shape index (κ3) is 2.35. The van der Waals surface area contributed by atoms with Crippen LogP contribution in [0.3, 0.4) is 0 Å². The van der Waals surface area contributed by atoms with Gasteiger partial charge in [-0.15, -0.1) is 0 Å². The van der Waals surface area contributed by atoms with E-state index in [1.807, 2.05) is 13.0 Å². The highest BCUT2D eigenvalue weighted by Gasteiger charge is 2.22. The number of aryl methyl sites for hydroxylation is 1. The summed E-state index contributed by atoms with van der Waals surface area (Å²) in [6.07, 6.45) is 3.32. The van der Waals surface area contributed by atoms with Crippen molar-refractivity contribution >= 4 is 22.6 Å². The van der Waals surface area contributed by atoms with E-state index in [4.69, 9.17) is 4.42 Å². The van der Waals surface area contributed by atoms with E-state index in [-0.39, 0.29) is 0 Å². The first-order chi connectivity index (χ1) is 9.13. The van der Waals surface area contributed by atoms with Gasteiger partial charge in [-0.1, -0.05) is 0 Å². The normalized spacial score (nSPS) is 17.1. The molecule has 0 radical (unpaired) electrons. The fourth-order valence-corrected chi connectivity index (χ4v) is 2.77. The van der Waals surface area contributed by atoms with Gasteiger partial charge in [0.25, 0.3) is 0 Å². The molecule has 0 unspecified atom stereocenters. The molecule has 0 N–H and O–H groups in total. The number of anilines is 1. The number of carbonyl (C=O) groups excluding carboxylic acids is 1. The number of rotatable bonds is 2. The molecule has 1 aromatic carbocycles. The smallest absolute Gasteiger partial charge is 0.192 e. The maximum absolute atomic E-state index is 11.3. The highest BCUT2D eigenvalue weighted by Crippen LogP contribution is 2.27. The molecule has 0 amide bonds. The van der Waals surface area contributed by atoms with Crippen LogP contribution in [0.15, 0.2) is 22.6 Å². The number of aromatic nitrogens is 1. The Bertz CT molecular complexity index is 608. The minimum Gasteiger partial charge on any atom is -0.441 e. The van der Waals surface area contributed by atoms with Crippen LogP contribution in [0.1, 0.15) is 31.6 Å². The predicted molar refractivity (Wildman–Crippen MR) is 74.4 cm³/mol. The number of nitrogens with zero attached hydrogens (tertiary/aromatic N) is 2. The summed E-state index contributed by atoms with van der Waals surface area (Å²) in [7, 11) is 2.09. The largest absolute Gasteiger partial charge is 0.441 e. The van der Waals surface area contributed by atoms with E-state index in [0.717, 1.165) is 29.6 Å². The third-order valence-corrected chi connectivity index (χ3v) is 3.95. The lowest BCUT2D eigenvalue weighted by molar-refractivity contribution is -0.120. The molecule has 1 saturated carbocycles. The van der Waals surface area contributed by atoms with Gasteiger partial charge in [0, 0.05) is 38.5 Å². The Morgan fingerprint density at radius 2 is 2.05 bits per heavy atom. The van der Waals surface area contributed by atoms with Gasteiger partial charge in [-0.25, -0.2) is 4.98 Å². The maximum Gasteiger partial charge on any atom is 0.192 e. The monoisotopic (exact) mass is 258 g/mol. The lowest BCUT2D eigenvalue weighted by atomic mass is 9.93. The maximum atomic E-state index is 11.3. The molecular weight excluding hydrogens is 240 g/mol. The SMILES string of the molecule is Cc1nc2cc(N(C)C3CCC(=O)CC3)ccc2o1. The topological polar surface area (TPSA) is 46.3 Å². The average molecular weight is 258 g/mol. The molecule has 1 aromatic heterocycles. The quantitative estimate of drug-likeness (QED) is 0.830. The molecule has 100 valence electrons. The third-order valence-electron chi connectivity index (χ3n) is 3.95. The number of fused-ring (bicyclic) bond motifs is 1. The van der Waals surface area contributed by atoms with Crippen molar-refractivity contribution in [3.63, 3.8) is 0 Å². The minimum atomic E-state index is 0.396. The molecule has 2 aromatic rings. The van der Waals surface area contributed by atoms with Crippen LogP contribution in [0.2, 0.25) is 0 Å². The summed E-state index contributed by atoms with van der Waals surface area (Å²) in [6, 6.07) is 6.53. The van der Waals surface area contributed by atoms with E-state index in [1.165, 1.54) is 0 Å². The lowest BCUT2D eigenvalue weighted by Gasteiger charge is -2.32. The van der Waals surface area contributed by atoms with Gasteiger partial charge < -0.3 is 9.32 Å². The molecule has 19 heavy (non-hydrogen) atoms. The second-order valence-corrected chi connectivity index (χ2v) is 5.27. The highest BCUT2D eigenvalue weighted by molar-refractivity contribution is 5.80. The molecule has 4 heteroatoms. The van der Waals surface area contributed by atoms with Gasteiger partial charge in [-0.3, -0.25) is 4.79 Å². The van der Waals surface area contributed by atoms with Crippen molar-refractivity contribution in [3.05, 3.63) is 24.1 Å². The standard InChI is InChI=1S/C15H18N2O2/c1-10-16-14-9-12(5-8-15(14)19-10)17(2)11-3-6-13(18)7-4-11/h5,8-9,11H,3-4,6-7H2,1-2H3. The Kier molecular flexibility index (Phi) is 3.01. The van der Waals surface area contributed by atoms with Crippen molar-refractivity contribution in [1.29, 1.82) is 0 Å². The molecule has 0 saturated heterocycles. The second-order valence-electron chi connectivity index (χ2n) is 5.27. The van der Waals surface area contributed by atoms with Crippen molar-refractivity contribution in [2.45, 2.75) is 38.6 Å². The molecule has 1 heterocycles. The first-order valence-electron chi connectivity index (χ1n) is 6.75. The second kappa shape index (κ2) is 4.68. The lowest BCUT2D eigenvalue weighted by Crippen LogP contribution is -2.35. The van der Waals surface area contributed by atoms with Crippen LogP contribution < -0.4 is 4.90 Å². The zero-order valence-corrected chi connectivity index (χ0v) is 11.3. The van der Waals surface area contributed by atoms with Gasteiger partial charge >= 0.3 is 0 Å². The summed E-state index contributed by atoms with van der Waals surface area (Å²) in [4.78, 5) is 17.9. The molecule has 0 bridgehead atoms. The Labute approximate surface area is 112 Å². The van der Waals surface area contributed by atoms with Gasteiger partial charge in [0.15, 0.2) is 11.5 Å². The van der Waals surface area contributed by atoms with Crippen LogP contribution in [0.4, 0.5) is 5.69 Å². The summed E-state index contributed by atoms with van der Waals surface area (Å²) in [5.74, 6) is 1.09. The molecule has 0 aliphatic heterocycles. The Hall–Kier alpha value is -1.84. The molecule has 0 atom stereocenters. The number of carbonyl (C=O) groups is 1. The number of benzene rings is 1. The van der Waals surface area contributed by atoms with Crippen LogP contribution in [0, 0.1) is 6.92 Å². The number of oxazole rings is 1. The Morgan fingerprint density at radius 3 is 2.79 bits per heavy atom. The molecule has 3 rings (SSSR count). The van der Waals surface area contributed by atoms with Gasteiger partial charge in [-0.2, -0.15) is 0 Å². The van der Waals surface area contributed by atoms with Crippen LogP contribution in [-0.2, 0) is 4.79 Å². The van der Waals surface area contributed by atoms with E-state index in [1.54, 1.807) is 0 Å². The fraction of sp³-hybridized carbons (Fsp3) is 0.467. The molecule has 1 aliphatic carbocycles. The van der Waals surface area contributed by atoms with Crippen molar-refractivity contribution in [3.8, 4) is 0 Å². The van der Waals surface area contributed by atoms with E-state index in [9.17, 15) is 4.79 Å². The minimum absolute atomic E-state index is 0.396. The average Bonchev–Trinajstić information content (AvgIpc) is 2.77. The summed E-state index contributed by atoms with van der Waals surface area (Å²) in [5.41, 5.74) is 2.86. The number of hydrogen-bond acceptors (Lipinski definition) is 4. The van der Waals surface area contributed by atoms with Gasteiger partial charge in [0.05, 0.1) is 0 Å². The summed E-state index contributed by atoms with van der Waals surface area (Å²) >= 11 is 0. The van der Waals surface area contributed by atoms with Gasteiger partial charge in [-0.05, 0) is 31.0 Å². The first kappa shape index (κ1) is 12.2. The number of hydrogen-bond donors (Lipinski definition) is 0. The molecule has 4 nitrogen and oxygen atoms in total. The van der Waals surface area contributed by atoms with E-state index < -0.39 is 0 Å². The number of Topliss-reactive ketones (excluding diaryl/α,β-unsaturated/α-hetero) is 1. The zero-order chi connectivity index (χ0) is 13.4. The number of ketones is 1. The van der Waals surface area contributed by atoms with Gasteiger partial charge in [0.1, 0.15) is 11.3 Å². The van der Waals surface area contributed by atoms with Crippen LogP contribution in [-0.4, -0.2) is 23.9 Å².